The third-order valence-corrected chi connectivity index (χ3v) is 14.6. The molecule has 4 aromatic carbocycles. The lowest BCUT2D eigenvalue weighted by molar-refractivity contribution is -0.0944. The van der Waals surface area contributed by atoms with E-state index in [1.165, 1.54) is 29.6 Å². The van der Waals surface area contributed by atoms with Crippen LogP contribution in [0.1, 0.15) is 26.7 Å². The molecule has 4 atom stereocenters. The lowest BCUT2D eigenvalue weighted by Gasteiger charge is -2.64. The summed E-state index contributed by atoms with van der Waals surface area (Å²) in [7, 11) is -0.800. The summed E-state index contributed by atoms with van der Waals surface area (Å²) >= 11 is 0. The van der Waals surface area contributed by atoms with E-state index in [0.717, 1.165) is 23.4 Å². The van der Waals surface area contributed by atoms with Gasteiger partial charge in [0.1, 0.15) is 0 Å². The Kier molecular flexibility index (Phi) is 6.86. The summed E-state index contributed by atoms with van der Waals surface area (Å²) in [5.74, 6) is 2.42. The molecule has 3 saturated carbocycles. The number of rotatable bonds is 7. The summed E-state index contributed by atoms with van der Waals surface area (Å²) in [6.07, 6.45) is 4.09. The van der Waals surface area contributed by atoms with Crippen molar-refractivity contribution in [1.29, 1.82) is 0 Å². The van der Waals surface area contributed by atoms with Gasteiger partial charge in [-0.25, -0.2) is 0 Å². The minimum atomic E-state index is -0.404. The van der Waals surface area contributed by atoms with Crippen LogP contribution < -0.4 is 21.2 Å². The molecule has 0 nitrogen and oxygen atoms in total. The van der Waals surface area contributed by atoms with Gasteiger partial charge in [-0.15, -0.1) is 0 Å². The maximum absolute atomic E-state index is 2.57. The molecule has 0 aliphatic heterocycles. The second-order valence-electron chi connectivity index (χ2n) is 11.2. The zero-order chi connectivity index (χ0) is 24.5. The molecule has 2 heteroatoms. The first-order chi connectivity index (χ1) is 17.6. The molecular formula is C34H36P2. The monoisotopic (exact) mass is 506 g/mol. The molecule has 3 aliphatic rings. The Bertz CT molecular complexity index is 1170. The predicted molar refractivity (Wildman–Crippen MR) is 160 cm³/mol. The second kappa shape index (κ2) is 10.2. The topological polar surface area (TPSA) is 0 Å². The molecule has 0 radical (unpaired) electrons. The first-order valence-corrected chi connectivity index (χ1v) is 16.3. The number of hydrogen-bond acceptors (Lipinski definition) is 0. The van der Waals surface area contributed by atoms with Crippen molar-refractivity contribution in [1.82, 2.24) is 0 Å². The molecule has 0 N–H and O–H groups in total. The van der Waals surface area contributed by atoms with Crippen molar-refractivity contribution < 1.29 is 0 Å². The van der Waals surface area contributed by atoms with Crippen molar-refractivity contribution in [3.8, 4) is 0 Å². The van der Waals surface area contributed by atoms with Crippen LogP contribution in [0.25, 0.3) is 0 Å². The highest BCUT2D eigenvalue weighted by atomic mass is 31.1. The zero-order valence-electron chi connectivity index (χ0n) is 21.4. The fourth-order valence-corrected chi connectivity index (χ4v) is 13.1. The van der Waals surface area contributed by atoms with Crippen LogP contribution in [0.2, 0.25) is 0 Å². The predicted octanol–water partition coefficient (Wildman–Crippen LogP) is 7.30. The van der Waals surface area contributed by atoms with Crippen molar-refractivity contribution in [2.24, 2.45) is 23.2 Å². The average molecular weight is 507 g/mol. The molecular weight excluding hydrogens is 470 g/mol. The smallest absolute Gasteiger partial charge is 0.00912 e. The fraction of sp³-hybridized carbons (Fsp3) is 0.294. The average Bonchev–Trinajstić information content (AvgIpc) is 2.94. The summed E-state index contributed by atoms with van der Waals surface area (Å²) in [5, 5.41) is 6.16. The van der Waals surface area contributed by atoms with Gasteiger partial charge in [0.25, 0.3) is 0 Å². The Hall–Kier alpha value is -2.26. The van der Waals surface area contributed by atoms with Crippen LogP contribution >= 0.6 is 15.8 Å². The lowest BCUT2D eigenvalue weighted by atomic mass is 9.46. The fourth-order valence-electron chi connectivity index (χ4n) is 6.96. The van der Waals surface area contributed by atoms with Gasteiger partial charge in [0.2, 0.25) is 0 Å². The molecule has 3 aliphatic carbocycles. The molecule has 7 rings (SSSR count). The number of hydrogen-bond donors (Lipinski definition) is 0. The van der Waals surface area contributed by atoms with Gasteiger partial charge in [-0.05, 0) is 84.9 Å². The zero-order valence-corrected chi connectivity index (χ0v) is 23.2. The van der Waals surface area contributed by atoms with Crippen LogP contribution in [-0.4, -0.2) is 11.8 Å². The van der Waals surface area contributed by atoms with Crippen molar-refractivity contribution in [3.05, 3.63) is 121 Å². The van der Waals surface area contributed by atoms with E-state index in [9.17, 15) is 0 Å². The van der Waals surface area contributed by atoms with Gasteiger partial charge >= 0.3 is 0 Å². The molecule has 3 fully saturated rings. The van der Waals surface area contributed by atoms with Crippen molar-refractivity contribution in [3.63, 3.8) is 0 Å². The standard InChI is InChI=1S/C34H36P2/c1-34(2)26-23-32(34)31(25-35(27-15-7-3-8-16-27)28-17-9-4-10-18-28)33(24-26)36(29-19-11-5-12-20-29)30-21-13-6-14-22-30/h3-22,26,31-33H,23-25H2,1-2H3/t26?,31-,32?,33+/m1/s1. The molecule has 0 heterocycles. The normalized spacial score (nSPS) is 24.4. The summed E-state index contributed by atoms with van der Waals surface area (Å²) in [6, 6.07) is 45.7. The highest BCUT2D eigenvalue weighted by Gasteiger charge is 2.59. The summed E-state index contributed by atoms with van der Waals surface area (Å²) in [5.41, 5.74) is 1.20. The van der Waals surface area contributed by atoms with Gasteiger partial charge < -0.3 is 0 Å². The van der Waals surface area contributed by atoms with E-state index in [2.05, 4.69) is 135 Å². The van der Waals surface area contributed by atoms with Crippen LogP contribution in [0.4, 0.5) is 0 Å². The number of fused-ring (bicyclic) bond motifs is 2. The second-order valence-corrected chi connectivity index (χ2v) is 15.8. The molecule has 0 spiro atoms. The maximum Gasteiger partial charge on any atom is -0.00912 e. The highest BCUT2D eigenvalue weighted by Crippen LogP contribution is 2.68. The summed E-state index contributed by atoms with van der Waals surface area (Å²) in [4.78, 5) is 0. The van der Waals surface area contributed by atoms with Gasteiger partial charge in [0.15, 0.2) is 0 Å². The van der Waals surface area contributed by atoms with E-state index in [1.807, 2.05) is 0 Å². The molecule has 2 unspecified atom stereocenters. The Morgan fingerprint density at radius 2 is 1.00 bits per heavy atom. The van der Waals surface area contributed by atoms with Crippen molar-refractivity contribution >= 4 is 37.1 Å². The SMILES string of the molecule is CC1(C)C2CC1[C@@H](CP(c1ccccc1)c1ccccc1)[C@@H](P(c1ccccc1)c1ccccc1)C2. The van der Waals surface area contributed by atoms with Gasteiger partial charge in [0.05, 0.1) is 0 Å². The third kappa shape index (κ3) is 4.49. The first-order valence-electron chi connectivity index (χ1n) is 13.4. The molecule has 0 saturated heterocycles. The maximum atomic E-state index is 2.57. The molecule has 2 bridgehead atoms. The van der Waals surface area contributed by atoms with E-state index in [1.54, 1.807) is 10.6 Å². The minimum absolute atomic E-state index is 0.396. The third-order valence-electron chi connectivity index (χ3n) is 9.01. The Balaban J connectivity index is 1.44. The van der Waals surface area contributed by atoms with Crippen molar-refractivity contribution in [2.75, 3.05) is 6.16 Å². The van der Waals surface area contributed by atoms with Crippen LogP contribution in [0.3, 0.4) is 0 Å². The molecule has 36 heavy (non-hydrogen) atoms. The Labute approximate surface area is 219 Å². The van der Waals surface area contributed by atoms with Gasteiger partial charge in [-0.1, -0.05) is 135 Å². The van der Waals surface area contributed by atoms with Crippen LogP contribution in [0.5, 0.6) is 0 Å². The van der Waals surface area contributed by atoms with Crippen LogP contribution in [0, 0.1) is 23.2 Å². The van der Waals surface area contributed by atoms with E-state index < -0.39 is 15.8 Å². The lowest BCUT2D eigenvalue weighted by Crippen LogP contribution is -2.58. The summed E-state index contributed by atoms with van der Waals surface area (Å²) in [6.45, 7) is 5.13. The molecule has 4 aromatic rings. The van der Waals surface area contributed by atoms with E-state index >= 15 is 0 Å². The highest BCUT2D eigenvalue weighted by molar-refractivity contribution is 7.74. The molecule has 182 valence electrons. The van der Waals surface area contributed by atoms with E-state index in [-0.39, 0.29) is 0 Å². The van der Waals surface area contributed by atoms with Crippen LogP contribution in [0.15, 0.2) is 121 Å². The largest absolute Gasteiger partial charge is 0.0622 e. The van der Waals surface area contributed by atoms with Crippen molar-refractivity contribution in [2.45, 2.75) is 32.3 Å². The Morgan fingerprint density at radius 1 is 0.583 bits per heavy atom. The van der Waals surface area contributed by atoms with Crippen LogP contribution in [-0.2, 0) is 0 Å². The van der Waals surface area contributed by atoms with Gasteiger partial charge in [-0.2, -0.15) is 0 Å². The molecule has 0 aromatic heterocycles. The van der Waals surface area contributed by atoms with Gasteiger partial charge in [0, 0.05) is 0 Å². The summed E-state index contributed by atoms with van der Waals surface area (Å²) < 4.78 is 0. The molecule has 0 amide bonds. The first kappa shape index (κ1) is 24.1. The van der Waals surface area contributed by atoms with Gasteiger partial charge in [-0.3, -0.25) is 0 Å². The van der Waals surface area contributed by atoms with E-state index in [0.29, 0.717) is 5.41 Å². The Morgan fingerprint density at radius 3 is 1.42 bits per heavy atom. The quantitative estimate of drug-likeness (QED) is 0.231. The minimum Gasteiger partial charge on any atom is -0.0622 e. The van der Waals surface area contributed by atoms with E-state index in [4.69, 9.17) is 0 Å². The number of benzene rings is 4.